The zero-order valence-electron chi connectivity index (χ0n) is 46.8. The van der Waals surface area contributed by atoms with Crippen LogP contribution in [0.5, 0.6) is 0 Å². The van der Waals surface area contributed by atoms with E-state index < -0.39 is 26.6 Å². The quantitative estimate of drug-likeness (QED) is 0.0161. The highest BCUT2D eigenvalue weighted by Gasteiger charge is 2.27. The van der Waals surface area contributed by atoms with Crippen molar-refractivity contribution in [3.8, 4) is 0 Å². The molecule has 0 spiro atoms. The van der Waals surface area contributed by atoms with Gasteiger partial charge in [-0.05, 0) is 96.0 Å². The van der Waals surface area contributed by atoms with Crippen LogP contribution in [0.2, 0.25) is 0 Å². The van der Waals surface area contributed by atoms with Crippen molar-refractivity contribution in [1.82, 2.24) is 5.32 Å². The predicted octanol–water partition coefficient (Wildman–Crippen LogP) is 16.7. The van der Waals surface area contributed by atoms with Gasteiger partial charge in [-0.2, -0.15) is 0 Å². The van der Waals surface area contributed by atoms with E-state index in [-0.39, 0.29) is 31.3 Å². The number of esters is 1. The lowest BCUT2D eigenvalue weighted by molar-refractivity contribution is -0.870. The molecule has 0 saturated carbocycles. The minimum atomic E-state index is -4.71. The lowest BCUT2D eigenvalue weighted by Crippen LogP contribution is -2.47. The van der Waals surface area contributed by atoms with Gasteiger partial charge in [-0.15, -0.1) is 0 Å². The molecular weight excluding hydrogens is 916 g/mol. The molecule has 0 aromatic heterocycles. The lowest BCUT2D eigenvalue weighted by Gasteiger charge is -2.30. The maximum absolute atomic E-state index is 13.5. The standard InChI is InChI=1S/C62H107N2O7P/c1-7-10-13-16-19-22-25-28-30-31-32-33-35-37-40-43-46-49-52-55-62(66)71-60(53-50-47-44-41-38-27-24-21-18-15-12-9-3)59(58-70-72(67,68)69-57-56-64(4,5)6)63-61(65)54-51-48-45-42-39-36-34-29-26-23-20-17-14-11-8-2/h10-11,13-14,17,19-20,22-23,26,28,30,32-33,37,40,50,53,59-60H,7-9,12,15-16,18,21,24-25,27,29,31,34-36,38-39,41-49,51-52,54-58H2,1-6H3,(H-,63,65,67,68)/b13-10-,14-11+,20-17+,22-19-,26-23+,30-28-,33-32-,40-37-,53-50+. The summed E-state index contributed by atoms with van der Waals surface area (Å²) in [6.07, 6.45) is 69.1. The molecule has 0 aliphatic rings. The van der Waals surface area contributed by atoms with Gasteiger partial charge in [-0.1, -0.05) is 220 Å². The Morgan fingerprint density at radius 2 is 0.958 bits per heavy atom. The van der Waals surface area contributed by atoms with E-state index in [1.807, 2.05) is 33.3 Å². The Morgan fingerprint density at radius 3 is 1.50 bits per heavy atom. The number of likely N-dealkylation sites (N-methyl/N-ethyl adjacent to an activating group) is 1. The van der Waals surface area contributed by atoms with Gasteiger partial charge < -0.3 is 28.5 Å². The van der Waals surface area contributed by atoms with Gasteiger partial charge in [0.05, 0.1) is 33.8 Å². The summed E-state index contributed by atoms with van der Waals surface area (Å²) in [5, 5.41) is 3.00. The smallest absolute Gasteiger partial charge is 0.306 e. The Labute approximate surface area is 442 Å². The molecule has 0 aromatic carbocycles. The number of rotatable bonds is 50. The highest BCUT2D eigenvalue weighted by Crippen LogP contribution is 2.38. The molecule has 72 heavy (non-hydrogen) atoms. The first-order valence-electron chi connectivity index (χ1n) is 28.7. The fraction of sp³-hybridized carbons (Fsp3) is 0.677. The van der Waals surface area contributed by atoms with Crippen molar-refractivity contribution < 1.29 is 37.3 Å². The summed E-state index contributed by atoms with van der Waals surface area (Å²) in [4.78, 5) is 39.9. The minimum absolute atomic E-state index is 0.0363. The summed E-state index contributed by atoms with van der Waals surface area (Å²) in [5.41, 5.74) is 0. The summed E-state index contributed by atoms with van der Waals surface area (Å²) in [5.74, 6) is -0.601. The molecule has 9 nitrogen and oxygen atoms in total. The van der Waals surface area contributed by atoms with Gasteiger partial charge in [-0.3, -0.25) is 14.2 Å². The molecule has 0 saturated heterocycles. The number of quaternary nitrogens is 1. The van der Waals surface area contributed by atoms with E-state index in [9.17, 15) is 19.0 Å². The van der Waals surface area contributed by atoms with E-state index >= 15 is 0 Å². The van der Waals surface area contributed by atoms with Crippen molar-refractivity contribution in [2.24, 2.45) is 0 Å². The Balaban J connectivity index is 5.42. The summed E-state index contributed by atoms with van der Waals surface area (Å²) in [6.45, 7) is 6.54. The second-order valence-electron chi connectivity index (χ2n) is 20.1. The number of hydrogen-bond acceptors (Lipinski definition) is 7. The molecule has 3 unspecified atom stereocenters. The molecule has 10 heteroatoms. The van der Waals surface area contributed by atoms with Crippen molar-refractivity contribution >= 4 is 19.7 Å². The second kappa shape index (κ2) is 51.2. The van der Waals surface area contributed by atoms with Crippen LogP contribution in [-0.2, 0) is 27.9 Å². The largest absolute Gasteiger partial charge is 0.756 e. The van der Waals surface area contributed by atoms with Crippen LogP contribution in [0.15, 0.2) is 109 Å². The van der Waals surface area contributed by atoms with E-state index in [2.05, 4.69) is 123 Å². The minimum Gasteiger partial charge on any atom is -0.756 e. The SMILES string of the molecule is CC/C=C\C/C=C\C/C=C\C/C=C\C/C=C\CCCCCC(=O)OC(/C=C/CCCCCCCCCCCC)C(COP(=O)([O-])OCC[N+](C)(C)C)NC(=O)CCCCCCCCC/C=C/C=C/C=C/CC. The average Bonchev–Trinajstić information content (AvgIpc) is 3.34. The second-order valence-corrected chi connectivity index (χ2v) is 21.5. The number of nitrogens with one attached hydrogen (secondary N) is 1. The van der Waals surface area contributed by atoms with Gasteiger partial charge in [0.15, 0.2) is 0 Å². The lowest BCUT2D eigenvalue weighted by atomic mass is 10.0. The number of unbranched alkanes of at least 4 members (excludes halogenated alkanes) is 20. The molecule has 1 amide bonds. The fourth-order valence-electron chi connectivity index (χ4n) is 7.61. The molecule has 0 rings (SSSR count). The van der Waals surface area contributed by atoms with Crippen LogP contribution in [0.3, 0.4) is 0 Å². The number of allylic oxidation sites excluding steroid dienone is 17. The number of amides is 1. The van der Waals surface area contributed by atoms with Gasteiger partial charge in [0.1, 0.15) is 19.3 Å². The molecule has 0 aliphatic heterocycles. The van der Waals surface area contributed by atoms with Crippen molar-refractivity contribution in [2.75, 3.05) is 40.9 Å². The molecule has 3 atom stereocenters. The van der Waals surface area contributed by atoms with Crippen LogP contribution < -0.4 is 10.2 Å². The molecular formula is C62H107N2O7P. The topological polar surface area (TPSA) is 114 Å². The molecule has 0 aromatic rings. The van der Waals surface area contributed by atoms with Crippen LogP contribution in [0, 0.1) is 0 Å². The number of ether oxygens (including phenoxy) is 1. The van der Waals surface area contributed by atoms with Gasteiger partial charge in [0.2, 0.25) is 5.91 Å². The van der Waals surface area contributed by atoms with Crippen molar-refractivity contribution in [1.29, 1.82) is 0 Å². The van der Waals surface area contributed by atoms with E-state index in [1.54, 1.807) is 0 Å². The number of carbonyl (C=O) groups is 2. The number of carbonyl (C=O) groups excluding carboxylic acids is 2. The summed E-state index contributed by atoms with van der Waals surface area (Å²) < 4.78 is 30.2. The Bertz CT molecular complexity index is 1600. The molecule has 412 valence electrons. The fourth-order valence-corrected chi connectivity index (χ4v) is 8.33. The highest BCUT2D eigenvalue weighted by molar-refractivity contribution is 7.45. The van der Waals surface area contributed by atoms with Crippen LogP contribution in [0.1, 0.15) is 220 Å². The van der Waals surface area contributed by atoms with E-state index in [4.69, 9.17) is 13.8 Å². The maximum atomic E-state index is 13.5. The Kier molecular flexibility index (Phi) is 48.8. The number of hydrogen-bond donors (Lipinski definition) is 1. The van der Waals surface area contributed by atoms with Crippen LogP contribution >= 0.6 is 7.82 Å². The summed E-state index contributed by atoms with van der Waals surface area (Å²) in [6, 6.07) is -0.914. The molecule has 1 N–H and O–H groups in total. The van der Waals surface area contributed by atoms with Crippen molar-refractivity contribution in [3.63, 3.8) is 0 Å². The average molecular weight is 1020 g/mol. The first-order chi connectivity index (χ1) is 34.9. The number of nitrogens with zero attached hydrogens (tertiary/aromatic N) is 1. The van der Waals surface area contributed by atoms with Crippen LogP contribution in [-0.4, -0.2) is 69.4 Å². The first kappa shape index (κ1) is 68.7. The summed E-state index contributed by atoms with van der Waals surface area (Å²) in [7, 11) is 1.14. The zero-order chi connectivity index (χ0) is 52.9. The normalized spacial score (nSPS) is 14.6. The van der Waals surface area contributed by atoms with Gasteiger partial charge in [0.25, 0.3) is 7.82 Å². The molecule has 0 bridgehead atoms. The number of phosphoric ester groups is 1. The molecule has 0 fully saturated rings. The third-order valence-corrected chi connectivity index (χ3v) is 13.0. The third kappa shape index (κ3) is 51.6. The summed E-state index contributed by atoms with van der Waals surface area (Å²) >= 11 is 0. The van der Waals surface area contributed by atoms with Crippen molar-refractivity contribution in [2.45, 2.75) is 232 Å². The van der Waals surface area contributed by atoms with Gasteiger partial charge in [-0.25, -0.2) is 0 Å². The van der Waals surface area contributed by atoms with Gasteiger partial charge in [0, 0.05) is 12.8 Å². The Morgan fingerprint density at radius 1 is 0.514 bits per heavy atom. The monoisotopic (exact) mass is 1020 g/mol. The third-order valence-electron chi connectivity index (χ3n) is 12.0. The van der Waals surface area contributed by atoms with E-state index in [0.29, 0.717) is 23.9 Å². The molecule has 0 aliphatic carbocycles. The first-order valence-corrected chi connectivity index (χ1v) is 30.2. The highest BCUT2D eigenvalue weighted by atomic mass is 31.2. The predicted molar refractivity (Wildman–Crippen MR) is 307 cm³/mol. The zero-order valence-corrected chi connectivity index (χ0v) is 47.7. The maximum Gasteiger partial charge on any atom is 0.306 e. The van der Waals surface area contributed by atoms with Crippen LogP contribution in [0.4, 0.5) is 0 Å². The Hall–Kier alpha value is -3.33. The molecule has 0 radical (unpaired) electrons. The van der Waals surface area contributed by atoms with Gasteiger partial charge >= 0.3 is 5.97 Å². The van der Waals surface area contributed by atoms with Crippen LogP contribution in [0.25, 0.3) is 0 Å². The van der Waals surface area contributed by atoms with E-state index in [0.717, 1.165) is 103 Å². The van der Waals surface area contributed by atoms with Crippen molar-refractivity contribution in [3.05, 3.63) is 109 Å². The number of phosphoric acid groups is 1. The molecule has 0 heterocycles. The van der Waals surface area contributed by atoms with E-state index in [1.165, 1.54) is 70.6 Å².